The van der Waals surface area contributed by atoms with Gasteiger partial charge in [-0.05, 0) is 83.5 Å². The van der Waals surface area contributed by atoms with Crippen molar-refractivity contribution in [1.82, 2.24) is 30.1 Å². The van der Waals surface area contributed by atoms with Crippen LogP contribution in [0.2, 0.25) is 0 Å². The Labute approximate surface area is 227 Å². The Bertz CT molecular complexity index is 1610. The molecule has 1 N–H and O–H groups in total. The number of nitrogens with zero attached hydrogens (tertiary/aromatic N) is 5. The normalized spacial score (nSPS) is 12.3. The minimum atomic E-state index is -0.279. The van der Waals surface area contributed by atoms with Gasteiger partial charge in [-0.15, -0.1) is 5.10 Å². The van der Waals surface area contributed by atoms with Crippen LogP contribution in [0.5, 0.6) is 0 Å². The Hall–Kier alpha value is -4.17. The molecule has 0 bridgehead atoms. The zero-order valence-corrected chi connectivity index (χ0v) is 22.6. The SMILES string of the molecule is CCC(c1nnnn1CCc1ccccc1)N(Cc1ccc(F)cc1)Cc1cc2cc(C)cc(C)c2[nH]c1=O. The number of fused-ring (bicyclic) bond motifs is 1. The van der Waals surface area contributed by atoms with Crippen LogP contribution < -0.4 is 5.56 Å². The molecule has 7 nitrogen and oxygen atoms in total. The highest BCUT2D eigenvalue weighted by Crippen LogP contribution is 2.27. The van der Waals surface area contributed by atoms with Gasteiger partial charge < -0.3 is 4.98 Å². The molecule has 0 aliphatic heterocycles. The van der Waals surface area contributed by atoms with Crippen molar-refractivity contribution >= 4 is 10.9 Å². The lowest BCUT2D eigenvalue weighted by atomic mass is 10.0. The van der Waals surface area contributed by atoms with E-state index in [1.54, 1.807) is 12.1 Å². The van der Waals surface area contributed by atoms with E-state index in [0.717, 1.165) is 46.3 Å². The van der Waals surface area contributed by atoms with Gasteiger partial charge in [-0.1, -0.05) is 61.0 Å². The summed E-state index contributed by atoms with van der Waals surface area (Å²) in [6.07, 6.45) is 1.53. The summed E-state index contributed by atoms with van der Waals surface area (Å²) in [6, 6.07) is 22.7. The van der Waals surface area contributed by atoms with Gasteiger partial charge in [0.05, 0.1) is 11.6 Å². The molecule has 1 unspecified atom stereocenters. The number of nitrogens with one attached hydrogen (secondary N) is 1. The molecule has 1 atom stereocenters. The summed E-state index contributed by atoms with van der Waals surface area (Å²) in [5, 5.41) is 13.7. The summed E-state index contributed by atoms with van der Waals surface area (Å²) in [5.74, 6) is 0.471. The Kier molecular flexibility index (Phi) is 7.93. The van der Waals surface area contributed by atoms with Crippen LogP contribution in [-0.4, -0.2) is 30.1 Å². The number of rotatable bonds is 10. The first kappa shape index (κ1) is 26.4. The van der Waals surface area contributed by atoms with Gasteiger partial charge in [0.15, 0.2) is 5.82 Å². The number of aromatic amines is 1. The van der Waals surface area contributed by atoms with Crippen LogP contribution in [0.25, 0.3) is 10.9 Å². The molecule has 0 fully saturated rings. The van der Waals surface area contributed by atoms with Gasteiger partial charge >= 0.3 is 0 Å². The predicted octanol–water partition coefficient (Wildman–Crippen LogP) is 5.67. The van der Waals surface area contributed by atoms with Crippen LogP contribution in [0, 0.1) is 19.7 Å². The van der Waals surface area contributed by atoms with Gasteiger partial charge in [-0.3, -0.25) is 9.69 Å². The van der Waals surface area contributed by atoms with Crippen LogP contribution >= 0.6 is 0 Å². The third-order valence-corrected chi connectivity index (χ3v) is 7.18. The van der Waals surface area contributed by atoms with Gasteiger partial charge in [0.1, 0.15) is 5.82 Å². The van der Waals surface area contributed by atoms with Crippen LogP contribution in [0.15, 0.2) is 77.6 Å². The third kappa shape index (κ3) is 6.12. The molecule has 3 aromatic carbocycles. The maximum Gasteiger partial charge on any atom is 0.252 e. The molecule has 0 amide bonds. The van der Waals surface area contributed by atoms with Crippen molar-refractivity contribution in [3.8, 4) is 0 Å². The molecule has 2 heterocycles. The second-order valence-corrected chi connectivity index (χ2v) is 10.1. The molecule has 0 aliphatic rings. The van der Waals surface area contributed by atoms with E-state index in [1.807, 2.05) is 35.9 Å². The number of aromatic nitrogens is 5. The first-order valence-corrected chi connectivity index (χ1v) is 13.3. The lowest BCUT2D eigenvalue weighted by Gasteiger charge is -2.30. The number of halogens is 1. The lowest BCUT2D eigenvalue weighted by molar-refractivity contribution is 0.160. The summed E-state index contributed by atoms with van der Waals surface area (Å²) in [5.41, 5.74) is 5.75. The highest BCUT2D eigenvalue weighted by Gasteiger charge is 2.26. The van der Waals surface area contributed by atoms with E-state index in [9.17, 15) is 9.18 Å². The van der Waals surface area contributed by atoms with Gasteiger partial charge in [0.2, 0.25) is 0 Å². The van der Waals surface area contributed by atoms with Crippen molar-refractivity contribution < 1.29 is 4.39 Å². The number of pyridine rings is 1. The Balaban J connectivity index is 1.49. The number of tetrazole rings is 1. The van der Waals surface area contributed by atoms with Crippen molar-refractivity contribution in [2.75, 3.05) is 0 Å². The Morgan fingerprint density at radius 2 is 1.74 bits per heavy atom. The summed E-state index contributed by atoms with van der Waals surface area (Å²) in [7, 11) is 0. The molecule has 0 spiro atoms. The lowest BCUT2D eigenvalue weighted by Crippen LogP contribution is -2.32. The molecular formula is C31H33FN6O. The van der Waals surface area contributed by atoms with Gasteiger partial charge in [0.25, 0.3) is 5.56 Å². The zero-order valence-electron chi connectivity index (χ0n) is 22.6. The largest absolute Gasteiger partial charge is 0.321 e. The highest BCUT2D eigenvalue weighted by molar-refractivity contribution is 5.82. The standard InChI is InChI=1S/C31H33FN6O/c1-4-28(30-34-35-36-38(30)15-14-23-8-6-5-7-9-23)37(19-24-10-12-27(32)13-11-24)20-26-18-25-17-21(2)16-22(3)29(25)33-31(26)39/h5-13,16-18,28H,4,14-15,19-20H2,1-3H3,(H,33,39). The van der Waals surface area contributed by atoms with Crippen LogP contribution in [0.3, 0.4) is 0 Å². The van der Waals surface area contributed by atoms with Gasteiger partial charge in [-0.2, -0.15) is 0 Å². The first-order chi connectivity index (χ1) is 18.9. The molecule has 0 saturated carbocycles. The molecule has 0 radical (unpaired) electrons. The summed E-state index contributed by atoms with van der Waals surface area (Å²) in [6.45, 7) is 7.70. The van der Waals surface area contributed by atoms with Gasteiger partial charge in [0, 0.05) is 25.2 Å². The number of hydrogen-bond donors (Lipinski definition) is 1. The average Bonchev–Trinajstić information content (AvgIpc) is 3.39. The first-order valence-electron chi connectivity index (χ1n) is 13.3. The number of benzene rings is 3. The maximum absolute atomic E-state index is 13.7. The maximum atomic E-state index is 13.7. The van der Waals surface area contributed by atoms with E-state index >= 15 is 0 Å². The summed E-state index contributed by atoms with van der Waals surface area (Å²) in [4.78, 5) is 18.5. The summed E-state index contributed by atoms with van der Waals surface area (Å²) >= 11 is 0. The minimum Gasteiger partial charge on any atom is -0.321 e. The van der Waals surface area contributed by atoms with Gasteiger partial charge in [-0.25, -0.2) is 9.07 Å². The number of hydrogen-bond acceptors (Lipinski definition) is 5. The topological polar surface area (TPSA) is 79.7 Å². The molecule has 5 aromatic rings. The van der Waals surface area contributed by atoms with E-state index < -0.39 is 0 Å². The molecule has 39 heavy (non-hydrogen) atoms. The van der Waals surface area contributed by atoms with Crippen LogP contribution in [0.1, 0.15) is 53.0 Å². The second kappa shape index (κ2) is 11.7. The zero-order chi connectivity index (χ0) is 27.4. The Morgan fingerprint density at radius 1 is 0.974 bits per heavy atom. The fourth-order valence-electron chi connectivity index (χ4n) is 5.26. The average molecular weight is 525 g/mol. The molecular weight excluding hydrogens is 491 g/mol. The molecule has 0 saturated heterocycles. The summed E-state index contributed by atoms with van der Waals surface area (Å²) < 4.78 is 15.5. The molecule has 5 rings (SSSR count). The molecule has 2 aromatic heterocycles. The number of aryl methyl sites for hydroxylation is 4. The Morgan fingerprint density at radius 3 is 2.49 bits per heavy atom. The monoisotopic (exact) mass is 524 g/mol. The van der Waals surface area contributed by atoms with Crippen molar-refractivity contribution in [1.29, 1.82) is 0 Å². The molecule has 0 aliphatic carbocycles. The van der Waals surface area contributed by atoms with Crippen molar-refractivity contribution in [3.05, 3.63) is 123 Å². The van der Waals surface area contributed by atoms with E-state index in [4.69, 9.17) is 0 Å². The second-order valence-electron chi connectivity index (χ2n) is 10.1. The van der Waals surface area contributed by atoms with Crippen molar-refractivity contribution in [2.24, 2.45) is 0 Å². The number of H-pyrrole nitrogens is 1. The third-order valence-electron chi connectivity index (χ3n) is 7.18. The smallest absolute Gasteiger partial charge is 0.252 e. The van der Waals surface area contributed by atoms with Crippen molar-refractivity contribution in [2.45, 2.75) is 59.3 Å². The fraction of sp³-hybridized carbons (Fsp3) is 0.290. The van der Waals surface area contributed by atoms with E-state index in [-0.39, 0.29) is 17.4 Å². The highest BCUT2D eigenvalue weighted by atomic mass is 19.1. The van der Waals surface area contributed by atoms with Crippen LogP contribution in [-0.2, 0) is 26.1 Å². The fourth-order valence-corrected chi connectivity index (χ4v) is 5.26. The van der Waals surface area contributed by atoms with E-state index in [1.165, 1.54) is 17.7 Å². The van der Waals surface area contributed by atoms with E-state index in [2.05, 4.69) is 63.5 Å². The van der Waals surface area contributed by atoms with Crippen molar-refractivity contribution in [3.63, 3.8) is 0 Å². The minimum absolute atomic E-state index is 0.114. The molecule has 8 heteroatoms. The quantitative estimate of drug-likeness (QED) is 0.255. The predicted molar refractivity (Wildman–Crippen MR) is 151 cm³/mol. The molecule has 200 valence electrons. The van der Waals surface area contributed by atoms with E-state index in [0.29, 0.717) is 25.2 Å². The van der Waals surface area contributed by atoms with Crippen LogP contribution in [0.4, 0.5) is 4.39 Å².